The van der Waals surface area contributed by atoms with E-state index in [0.717, 1.165) is 0 Å². The summed E-state index contributed by atoms with van der Waals surface area (Å²) in [7, 11) is 0. The van der Waals surface area contributed by atoms with Crippen LogP contribution in [0.25, 0.3) is 101 Å². The van der Waals surface area contributed by atoms with E-state index in [-0.39, 0.29) is 0 Å². The third-order valence-corrected chi connectivity index (χ3v) is 8.81. The first-order valence-electron chi connectivity index (χ1n) is 17.1. The van der Waals surface area contributed by atoms with Gasteiger partial charge in [-0.05, 0) is 72.8 Å². The van der Waals surface area contributed by atoms with E-state index < -0.39 is 0 Å². The Kier molecular flexibility index (Phi) is 7.46. The van der Waals surface area contributed by atoms with E-state index in [9.17, 15) is 0 Å². The second kappa shape index (κ2) is 13.0. The van der Waals surface area contributed by atoms with Crippen molar-refractivity contribution < 1.29 is 0 Å². The molecule has 1 aromatic carbocycles. The molecule has 9 heterocycles. The molecule has 0 saturated carbocycles. The number of aromatic nitrogens is 12. The Morgan fingerprint density at radius 2 is 0.370 bits per heavy atom. The van der Waals surface area contributed by atoms with Gasteiger partial charge in [-0.1, -0.05) is 36.4 Å². The van der Waals surface area contributed by atoms with Gasteiger partial charge in [0.25, 0.3) is 0 Å². The van der Waals surface area contributed by atoms with E-state index in [4.69, 9.17) is 29.9 Å². The van der Waals surface area contributed by atoms with Crippen LogP contribution < -0.4 is 0 Å². The summed E-state index contributed by atoms with van der Waals surface area (Å²) in [6.07, 6.45) is 10.4. The minimum atomic E-state index is 0.460. The van der Waals surface area contributed by atoms with Crippen LogP contribution in [0.4, 0.5) is 0 Å². The first-order valence-corrected chi connectivity index (χ1v) is 17.1. The highest BCUT2D eigenvalue weighted by molar-refractivity contribution is 6.20. The normalized spacial score (nSPS) is 11.3. The molecule has 10 rings (SSSR count). The van der Waals surface area contributed by atoms with Crippen LogP contribution in [0.5, 0.6) is 0 Å². The zero-order valence-corrected chi connectivity index (χ0v) is 28.2. The quantitative estimate of drug-likeness (QED) is 0.155. The average molecular weight is 697 g/mol. The molecule has 0 atom stereocenters. The van der Waals surface area contributed by atoms with Crippen molar-refractivity contribution in [2.45, 2.75) is 0 Å². The number of benzene rings is 1. The fraction of sp³-hybridized carbons (Fsp3) is 0. The summed E-state index contributed by atoms with van der Waals surface area (Å²) >= 11 is 0. The van der Waals surface area contributed by atoms with Gasteiger partial charge in [-0.25, -0.2) is 29.9 Å². The van der Waals surface area contributed by atoms with Crippen LogP contribution in [0, 0.1) is 0 Å². The Morgan fingerprint density at radius 3 is 0.500 bits per heavy atom. The van der Waals surface area contributed by atoms with E-state index in [1.165, 1.54) is 0 Å². The number of hydrogen-bond donors (Lipinski definition) is 0. The molecule has 0 saturated heterocycles. The van der Waals surface area contributed by atoms with Crippen LogP contribution in [0.3, 0.4) is 0 Å². The lowest BCUT2D eigenvalue weighted by Crippen LogP contribution is -2.06. The minimum absolute atomic E-state index is 0.460. The highest BCUT2D eigenvalue weighted by atomic mass is 15.0. The standard InChI is InChI=1S/C42H24N12/c1-7-19-43-25(13-1)31-32(26-14-2-8-20-44-26)50-38-37(49-31)39-41(53-34(28-16-4-10-22-46-28)33(51-39)27-15-3-9-21-45-27)42-40(38)52-35(29-17-5-11-23-47-29)36(54-42)30-18-6-12-24-48-30/h1-24H. The molecule has 252 valence electrons. The molecule has 0 unspecified atom stereocenters. The van der Waals surface area contributed by atoms with Crippen molar-refractivity contribution in [1.82, 2.24) is 59.8 Å². The molecular formula is C42H24N12. The molecule has 0 amide bonds. The lowest BCUT2D eigenvalue weighted by Gasteiger charge is -2.16. The van der Waals surface area contributed by atoms with Crippen LogP contribution in [0.15, 0.2) is 146 Å². The number of hydrogen-bond acceptors (Lipinski definition) is 12. The van der Waals surface area contributed by atoms with Crippen LogP contribution in [0.2, 0.25) is 0 Å². The summed E-state index contributed by atoms with van der Waals surface area (Å²) in [6, 6.07) is 34.0. The summed E-state index contributed by atoms with van der Waals surface area (Å²) < 4.78 is 0. The number of fused-ring (bicyclic) bond motifs is 6. The Labute approximate surface area is 306 Å². The molecule has 0 aliphatic carbocycles. The van der Waals surface area contributed by atoms with E-state index in [1.54, 1.807) is 37.2 Å². The zero-order chi connectivity index (χ0) is 35.8. The maximum atomic E-state index is 5.32. The van der Waals surface area contributed by atoms with Gasteiger partial charge < -0.3 is 0 Å². The summed E-state index contributed by atoms with van der Waals surface area (Å²) in [4.78, 5) is 60.0. The molecule has 0 aliphatic heterocycles. The van der Waals surface area contributed by atoms with Crippen LogP contribution >= 0.6 is 0 Å². The molecule has 0 spiro atoms. The van der Waals surface area contributed by atoms with Crippen molar-refractivity contribution in [3.8, 4) is 68.3 Å². The second-order valence-corrected chi connectivity index (χ2v) is 12.1. The average Bonchev–Trinajstić information content (AvgIpc) is 3.27. The van der Waals surface area contributed by atoms with Crippen molar-refractivity contribution in [1.29, 1.82) is 0 Å². The molecule has 10 aromatic rings. The number of nitrogens with zero attached hydrogens (tertiary/aromatic N) is 12. The van der Waals surface area contributed by atoms with Gasteiger partial charge in [-0.2, -0.15) is 0 Å². The Morgan fingerprint density at radius 1 is 0.204 bits per heavy atom. The fourth-order valence-corrected chi connectivity index (χ4v) is 6.39. The molecule has 0 fully saturated rings. The molecule has 12 nitrogen and oxygen atoms in total. The van der Waals surface area contributed by atoms with Crippen molar-refractivity contribution in [2.24, 2.45) is 0 Å². The van der Waals surface area contributed by atoms with Crippen LogP contribution in [0.1, 0.15) is 0 Å². The van der Waals surface area contributed by atoms with Gasteiger partial charge in [0.2, 0.25) is 0 Å². The summed E-state index contributed by atoms with van der Waals surface area (Å²) in [5.74, 6) is 0. The zero-order valence-electron chi connectivity index (χ0n) is 28.2. The van der Waals surface area contributed by atoms with Gasteiger partial charge in [0, 0.05) is 37.2 Å². The van der Waals surface area contributed by atoms with Crippen molar-refractivity contribution in [2.75, 3.05) is 0 Å². The fourth-order valence-electron chi connectivity index (χ4n) is 6.39. The van der Waals surface area contributed by atoms with Gasteiger partial charge in [0.1, 0.15) is 67.3 Å². The van der Waals surface area contributed by atoms with Crippen molar-refractivity contribution >= 4 is 33.1 Å². The van der Waals surface area contributed by atoms with E-state index >= 15 is 0 Å². The van der Waals surface area contributed by atoms with E-state index in [0.29, 0.717) is 101 Å². The molecule has 0 N–H and O–H groups in total. The molecule has 54 heavy (non-hydrogen) atoms. The maximum Gasteiger partial charge on any atom is 0.120 e. The monoisotopic (exact) mass is 696 g/mol. The number of pyridine rings is 6. The van der Waals surface area contributed by atoms with Gasteiger partial charge in [-0.3, -0.25) is 29.9 Å². The highest BCUT2D eigenvalue weighted by Gasteiger charge is 2.26. The Hall–Kier alpha value is -7.86. The Balaban J connectivity index is 1.42. The van der Waals surface area contributed by atoms with Gasteiger partial charge in [-0.15, -0.1) is 0 Å². The van der Waals surface area contributed by atoms with Crippen molar-refractivity contribution in [3.05, 3.63) is 146 Å². The summed E-state index contributed by atoms with van der Waals surface area (Å²) in [6.45, 7) is 0. The largest absolute Gasteiger partial charge is 0.255 e. The van der Waals surface area contributed by atoms with Gasteiger partial charge in [0.15, 0.2) is 0 Å². The van der Waals surface area contributed by atoms with E-state index in [1.807, 2.05) is 109 Å². The molecule has 0 aliphatic rings. The lowest BCUT2D eigenvalue weighted by molar-refractivity contribution is 1.18. The van der Waals surface area contributed by atoms with Gasteiger partial charge >= 0.3 is 0 Å². The van der Waals surface area contributed by atoms with Gasteiger partial charge in [0.05, 0.1) is 34.2 Å². The SMILES string of the molecule is c1ccc(-c2nc3c4nc(-c5ccccn5)c(-c5ccccn5)nc4c4nc(-c5ccccn5)c(-c5ccccn5)nc4c3nc2-c2ccccn2)nc1. The summed E-state index contributed by atoms with van der Waals surface area (Å²) in [5, 5.41) is 0. The lowest BCUT2D eigenvalue weighted by atomic mass is 10.1. The highest BCUT2D eigenvalue weighted by Crippen LogP contribution is 2.40. The van der Waals surface area contributed by atoms with Crippen molar-refractivity contribution in [3.63, 3.8) is 0 Å². The predicted octanol–water partition coefficient (Wildman–Crippen LogP) is 7.89. The van der Waals surface area contributed by atoms with Crippen LogP contribution in [-0.2, 0) is 0 Å². The summed E-state index contributed by atoms with van der Waals surface area (Å²) in [5.41, 5.74) is 9.65. The molecule has 12 heteroatoms. The first-order chi connectivity index (χ1) is 26.8. The van der Waals surface area contributed by atoms with Crippen LogP contribution in [-0.4, -0.2) is 59.8 Å². The molecule has 9 aromatic heterocycles. The topological polar surface area (TPSA) is 155 Å². The smallest absolute Gasteiger partial charge is 0.120 e. The Bertz CT molecular complexity index is 2400. The third kappa shape index (κ3) is 5.33. The minimum Gasteiger partial charge on any atom is -0.255 e. The maximum absolute atomic E-state index is 5.32. The first kappa shape index (κ1) is 30.9. The van der Waals surface area contributed by atoms with E-state index in [2.05, 4.69) is 29.9 Å². The molecular weight excluding hydrogens is 673 g/mol. The third-order valence-electron chi connectivity index (χ3n) is 8.81. The number of rotatable bonds is 6. The second-order valence-electron chi connectivity index (χ2n) is 12.1. The molecule has 0 bridgehead atoms. The molecule has 0 radical (unpaired) electrons. The predicted molar refractivity (Wildman–Crippen MR) is 205 cm³/mol.